The van der Waals surface area contributed by atoms with Crippen molar-refractivity contribution in [2.24, 2.45) is 0 Å². The molecular weight excluding hydrogens is 336 g/mol. The molecule has 4 rings (SSSR count). The SMILES string of the molecule is COc1cc(C=O)ccc1Oc1nc(C)nc2sc3c(c12)CCCC3. The second-order valence-corrected chi connectivity index (χ2v) is 7.18. The number of ether oxygens (including phenoxy) is 2. The minimum atomic E-state index is 0.512. The zero-order valence-electron chi connectivity index (χ0n) is 14.2. The number of hydrogen-bond donors (Lipinski definition) is 0. The highest BCUT2D eigenvalue weighted by Crippen LogP contribution is 2.42. The number of nitrogens with zero attached hydrogens (tertiary/aromatic N) is 2. The van der Waals surface area contributed by atoms with Crippen LogP contribution in [0.3, 0.4) is 0 Å². The Labute approximate surface area is 149 Å². The Kier molecular flexibility index (Phi) is 4.13. The van der Waals surface area contributed by atoms with E-state index >= 15 is 0 Å². The molecule has 1 aromatic carbocycles. The molecule has 0 atom stereocenters. The summed E-state index contributed by atoms with van der Waals surface area (Å²) in [6, 6.07) is 5.11. The Morgan fingerprint density at radius 3 is 2.80 bits per heavy atom. The second kappa shape index (κ2) is 6.44. The Morgan fingerprint density at radius 2 is 2.00 bits per heavy atom. The highest BCUT2D eigenvalue weighted by molar-refractivity contribution is 7.18. The molecule has 2 heterocycles. The van der Waals surface area contributed by atoms with Gasteiger partial charge in [0.2, 0.25) is 5.88 Å². The number of carbonyl (C=O) groups excluding carboxylic acids is 1. The van der Waals surface area contributed by atoms with Gasteiger partial charge in [0.25, 0.3) is 0 Å². The Hall–Kier alpha value is -2.47. The fourth-order valence-electron chi connectivity index (χ4n) is 3.25. The zero-order chi connectivity index (χ0) is 17.4. The number of methoxy groups -OCH3 is 1. The molecule has 5 nitrogen and oxygen atoms in total. The Morgan fingerprint density at radius 1 is 1.16 bits per heavy atom. The normalized spacial score (nSPS) is 13.5. The van der Waals surface area contributed by atoms with Gasteiger partial charge in [-0.1, -0.05) is 0 Å². The Bertz CT molecular complexity index is 965. The number of carbonyl (C=O) groups is 1. The average Bonchev–Trinajstić information content (AvgIpc) is 3.00. The van der Waals surface area contributed by atoms with Crippen LogP contribution >= 0.6 is 11.3 Å². The molecule has 3 aromatic rings. The van der Waals surface area contributed by atoms with Crippen LogP contribution in [-0.2, 0) is 12.8 Å². The van der Waals surface area contributed by atoms with Crippen molar-refractivity contribution >= 4 is 27.8 Å². The number of aldehydes is 1. The predicted octanol–water partition coefficient (Wildman–Crippen LogP) is 4.49. The van der Waals surface area contributed by atoms with Crippen LogP contribution in [-0.4, -0.2) is 23.4 Å². The number of fused-ring (bicyclic) bond motifs is 3. The van der Waals surface area contributed by atoms with Gasteiger partial charge in [-0.3, -0.25) is 4.79 Å². The molecule has 0 unspecified atom stereocenters. The number of aryl methyl sites for hydroxylation is 3. The fourth-order valence-corrected chi connectivity index (χ4v) is 4.54. The molecule has 1 aliphatic rings. The molecule has 6 heteroatoms. The summed E-state index contributed by atoms with van der Waals surface area (Å²) in [6.45, 7) is 1.87. The molecule has 128 valence electrons. The van der Waals surface area contributed by atoms with E-state index in [4.69, 9.17) is 9.47 Å². The van der Waals surface area contributed by atoms with Gasteiger partial charge in [-0.15, -0.1) is 11.3 Å². The number of thiophene rings is 1. The first kappa shape index (κ1) is 16.0. The van der Waals surface area contributed by atoms with Crippen LogP contribution < -0.4 is 9.47 Å². The highest BCUT2D eigenvalue weighted by atomic mass is 32.1. The van der Waals surface area contributed by atoms with Crippen LogP contribution in [0.25, 0.3) is 10.2 Å². The van der Waals surface area contributed by atoms with Crippen LogP contribution in [0.2, 0.25) is 0 Å². The van der Waals surface area contributed by atoms with Crippen LogP contribution in [0.4, 0.5) is 0 Å². The largest absolute Gasteiger partial charge is 0.493 e. The summed E-state index contributed by atoms with van der Waals surface area (Å²) >= 11 is 1.75. The lowest BCUT2D eigenvalue weighted by atomic mass is 9.97. The third kappa shape index (κ3) is 2.87. The fraction of sp³-hybridized carbons (Fsp3) is 0.316. The maximum atomic E-state index is 11.0. The molecular formula is C19H18N2O3S. The summed E-state index contributed by atoms with van der Waals surface area (Å²) in [5.41, 5.74) is 1.87. The maximum Gasteiger partial charge on any atom is 0.231 e. The number of rotatable bonds is 4. The summed E-state index contributed by atoms with van der Waals surface area (Å²) < 4.78 is 11.5. The van der Waals surface area contributed by atoms with E-state index in [-0.39, 0.29) is 0 Å². The van der Waals surface area contributed by atoms with Gasteiger partial charge in [0.05, 0.1) is 12.5 Å². The molecule has 0 saturated carbocycles. The van der Waals surface area contributed by atoms with Gasteiger partial charge in [-0.05, 0) is 56.4 Å². The zero-order valence-corrected chi connectivity index (χ0v) is 15.0. The second-order valence-electron chi connectivity index (χ2n) is 6.10. The van der Waals surface area contributed by atoms with Crippen LogP contribution in [0.5, 0.6) is 17.4 Å². The lowest BCUT2D eigenvalue weighted by molar-refractivity contribution is 0.112. The third-order valence-electron chi connectivity index (χ3n) is 4.42. The molecule has 1 aliphatic carbocycles. The van der Waals surface area contributed by atoms with Gasteiger partial charge in [-0.25, -0.2) is 4.98 Å². The van der Waals surface area contributed by atoms with E-state index in [0.29, 0.717) is 28.8 Å². The summed E-state index contributed by atoms with van der Waals surface area (Å²) in [5, 5.41) is 1.02. The van der Waals surface area contributed by atoms with E-state index in [1.165, 1.54) is 23.3 Å². The van der Waals surface area contributed by atoms with E-state index in [1.54, 1.807) is 36.6 Å². The van der Waals surface area contributed by atoms with E-state index < -0.39 is 0 Å². The standard InChI is InChI=1S/C19H18N2O3S/c1-11-20-18(24-14-8-7-12(10-22)9-15(14)23-2)17-13-5-3-4-6-16(13)25-19(17)21-11/h7-10H,3-6H2,1-2H3. The van der Waals surface area contributed by atoms with Gasteiger partial charge in [-0.2, -0.15) is 4.98 Å². The van der Waals surface area contributed by atoms with E-state index in [1.807, 2.05) is 6.92 Å². The van der Waals surface area contributed by atoms with Gasteiger partial charge < -0.3 is 9.47 Å². The number of aromatic nitrogens is 2. The van der Waals surface area contributed by atoms with Crippen LogP contribution in [0.1, 0.15) is 39.5 Å². The summed E-state index contributed by atoms with van der Waals surface area (Å²) in [6.07, 6.45) is 5.34. The number of hydrogen-bond acceptors (Lipinski definition) is 6. The molecule has 0 N–H and O–H groups in total. The van der Waals surface area contributed by atoms with Crippen molar-refractivity contribution in [3.8, 4) is 17.4 Å². The first-order valence-corrected chi connectivity index (χ1v) is 9.11. The quantitative estimate of drug-likeness (QED) is 0.646. The highest BCUT2D eigenvalue weighted by Gasteiger charge is 2.22. The average molecular weight is 354 g/mol. The lowest BCUT2D eigenvalue weighted by Crippen LogP contribution is -2.01. The van der Waals surface area contributed by atoms with E-state index in [9.17, 15) is 4.79 Å². The minimum absolute atomic E-state index is 0.512. The molecule has 0 radical (unpaired) electrons. The van der Waals surface area contributed by atoms with Crippen molar-refractivity contribution < 1.29 is 14.3 Å². The molecule has 0 bridgehead atoms. The minimum Gasteiger partial charge on any atom is -0.493 e. The Balaban J connectivity index is 1.84. The van der Waals surface area contributed by atoms with Gasteiger partial charge in [0.15, 0.2) is 11.5 Å². The topological polar surface area (TPSA) is 61.3 Å². The molecule has 0 fully saturated rings. The van der Waals surface area contributed by atoms with Crippen molar-refractivity contribution in [2.45, 2.75) is 32.6 Å². The van der Waals surface area contributed by atoms with Crippen LogP contribution in [0, 0.1) is 6.92 Å². The predicted molar refractivity (Wildman–Crippen MR) is 97.2 cm³/mol. The van der Waals surface area contributed by atoms with Gasteiger partial charge >= 0.3 is 0 Å². The van der Waals surface area contributed by atoms with Gasteiger partial charge in [0, 0.05) is 10.4 Å². The van der Waals surface area contributed by atoms with Crippen molar-refractivity contribution in [3.05, 3.63) is 40.0 Å². The van der Waals surface area contributed by atoms with E-state index in [2.05, 4.69) is 9.97 Å². The third-order valence-corrected chi connectivity index (χ3v) is 5.61. The first-order chi connectivity index (χ1) is 12.2. The maximum absolute atomic E-state index is 11.0. The molecule has 0 aliphatic heterocycles. The molecule has 0 spiro atoms. The first-order valence-electron chi connectivity index (χ1n) is 8.29. The van der Waals surface area contributed by atoms with E-state index in [0.717, 1.165) is 29.3 Å². The lowest BCUT2D eigenvalue weighted by Gasteiger charge is -2.14. The molecule has 0 saturated heterocycles. The van der Waals surface area contributed by atoms with Gasteiger partial charge in [0.1, 0.15) is 16.9 Å². The summed E-state index contributed by atoms with van der Waals surface area (Å²) in [5.74, 6) is 2.31. The number of benzene rings is 1. The van der Waals surface area contributed by atoms with Crippen LogP contribution in [0.15, 0.2) is 18.2 Å². The molecule has 2 aromatic heterocycles. The van der Waals surface area contributed by atoms with Crippen molar-refractivity contribution in [1.82, 2.24) is 9.97 Å². The van der Waals surface area contributed by atoms with Crippen molar-refractivity contribution in [2.75, 3.05) is 7.11 Å². The van der Waals surface area contributed by atoms with Crippen molar-refractivity contribution in [3.63, 3.8) is 0 Å². The smallest absolute Gasteiger partial charge is 0.231 e. The van der Waals surface area contributed by atoms with Crippen molar-refractivity contribution in [1.29, 1.82) is 0 Å². The summed E-state index contributed by atoms with van der Waals surface area (Å²) in [7, 11) is 1.56. The summed E-state index contributed by atoms with van der Waals surface area (Å²) in [4.78, 5) is 22.5. The molecule has 0 amide bonds. The molecule has 25 heavy (non-hydrogen) atoms. The monoisotopic (exact) mass is 354 g/mol.